The van der Waals surface area contributed by atoms with E-state index in [9.17, 15) is 5.11 Å². The van der Waals surface area contributed by atoms with Gasteiger partial charge in [0.15, 0.2) is 0 Å². The second-order valence-electron chi connectivity index (χ2n) is 4.65. The minimum Gasteiger partial charge on any atom is -0.392 e. The van der Waals surface area contributed by atoms with Crippen LogP contribution < -0.4 is 5.32 Å². The maximum absolute atomic E-state index is 9.81. The molecule has 2 rings (SSSR count). The third-order valence-corrected chi connectivity index (χ3v) is 3.27. The molecule has 3 heteroatoms. The number of nitrogens with zero attached hydrogens (tertiary/aromatic N) is 1. The second kappa shape index (κ2) is 5.41. The van der Waals surface area contributed by atoms with Crippen molar-refractivity contribution in [3.63, 3.8) is 0 Å². The summed E-state index contributed by atoms with van der Waals surface area (Å²) in [4.78, 5) is 4.26. The van der Waals surface area contributed by atoms with Gasteiger partial charge in [0, 0.05) is 24.5 Å². The van der Waals surface area contributed by atoms with Crippen LogP contribution in [0.1, 0.15) is 36.9 Å². The number of hydrogen-bond donors (Lipinski definition) is 2. The minimum atomic E-state index is -0.174. The first kappa shape index (κ1) is 11.6. The van der Waals surface area contributed by atoms with E-state index in [1.807, 2.05) is 19.2 Å². The molecule has 1 fully saturated rings. The van der Waals surface area contributed by atoms with E-state index in [0.717, 1.165) is 31.5 Å². The van der Waals surface area contributed by atoms with Crippen LogP contribution in [0.4, 0.5) is 0 Å². The van der Waals surface area contributed by atoms with Crippen molar-refractivity contribution in [3.8, 4) is 0 Å². The number of aliphatic hydroxyl groups is 1. The molecule has 1 aromatic heterocycles. The fraction of sp³-hybridized carbons (Fsp3) is 0.615. The van der Waals surface area contributed by atoms with Crippen LogP contribution in [0.3, 0.4) is 0 Å². The Bertz CT molecular complexity index is 323. The Morgan fingerprint density at radius 3 is 2.88 bits per heavy atom. The molecule has 0 amide bonds. The van der Waals surface area contributed by atoms with Gasteiger partial charge in [0.05, 0.1) is 6.10 Å². The fourth-order valence-corrected chi connectivity index (χ4v) is 2.20. The summed E-state index contributed by atoms with van der Waals surface area (Å²) in [6, 6.07) is 4.37. The van der Waals surface area contributed by atoms with Crippen molar-refractivity contribution in [3.05, 3.63) is 29.6 Å². The van der Waals surface area contributed by atoms with Crippen LogP contribution >= 0.6 is 0 Å². The highest BCUT2D eigenvalue weighted by atomic mass is 16.3. The van der Waals surface area contributed by atoms with Gasteiger partial charge in [0.1, 0.15) is 0 Å². The Morgan fingerprint density at radius 2 is 2.19 bits per heavy atom. The summed E-state index contributed by atoms with van der Waals surface area (Å²) in [5.41, 5.74) is 2.23. The summed E-state index contributed by atoms with van der Waals surface area (Å²) in [6.07, 6.45) is 6.13. The predicted molar refractivity (Wildman–Crippen MR) is 64.1 cm³/mol. The third kappa shape index (κ3) is 3.03. The minimum absolute atomic E-state index is 0.174. The normalized spacial score (nSPS) is 25.6. The van der Waals surface area contributed by atoms with Crippen molar-refractivity contribution in [2.75, 3.05) is 0 Å². The van der Waals surface area contributed by atoms with E-state index in [2.05, 4.69) is 16.4 Å². The average molecular weight is 220 g/mol. The van der Waals surface area contributed by atoms with Crippen LogP contribution in [-0.2, 0) is 6.54 Å². The molecule has 1 saturated carbocycles. The molecule has 0 unspecified atom stereocenters. The highest BCUT2D eigenvalue weighted by Crippen LogP contribution is 2.18. The van der Waals surface area contributed by atoms with Gasteiger partial charge in [-0.25, -0.2) is 0 Å². The third-order valence-electron chi connectivity index (χ3n) is 3.27. The van der Waals surface area contributed by atoms with Crippen molar-refractivity contribution >= 4 is 0 Å². The van der Waals surface area contributed by atoms with Crippen molar-refractivity contribution in [2.24, 2.45) is 0 Å². The Kier molecular flexibility index (Phi) is 3.91. The molecule has 0 spiro atoms. The molecule has 0 aliphatic heterocycles. The largest absolute Gasteiger partial charge is 0.392 e. The van der Waals surface area contributed by atoms with E-state index in [0.29, 0.717) is 0 Å². The quantitative estimate of drug-likeness (QED) is 0.816. The first-order valence-electron chi connectivity index (χ1n) is 6.08. The predicted octanol–water partition coefficient (Wildman–Crippen LogP) is 1.78. The maximum Gasteiger partial charge on any atom is 0.0693 e. The molecule has 3 nitrogen and oxygen atoms in total. The lowest BCUT2D eigenvalue weighted by Gasteiger charge is -2.28. The molecule has 0 radical (unpaired) electrons. The zero-order valence-corrected chi connectivity index (χ0v) is 9.82. The molecule has 2 atom stereocenters. The maximum atomic E-state index is 9.81. The number of aliphatic hydroxyl groups excluding tert-OH is 1. The number of aromatic nitrogens is 1. The van der Waals surface area contributed by atoms with Crippen LogP contribution in [0.15, 0.2) is 18.3 Å². The highest BCUT2D eigenvalue weighted by Gasteiger charge is 2.21. The lowest BCUT2D eigenvalue weighted by molar-refractivity contribution is 0.0902. The zero-order valence-electron chi connectivity index (χ0n) is 9.82. The van der Waals surface area contributed by atoms with Gasteiger partial charge >= 0.3 is 0 Å². The number of nitrogens with one attached hydrogen (secondary N) is 1. The Balaban J connectivity index is 1.84. The molecule has 16 heavy (non-hydrogen) atoms. The summed E-state index contributed by atoms with van der Waals surface area (Å²) >= 11 is 0. The van der Waals surface area contributed by atoms with E-state index >= 15 is 0 Å². The van der Waals surface area contributed by atoms with E-state index in [1.54, 1.807) is 0 Å². The number of hydrogen-bond acceptors (Lipinski definition) is 3. The van der Waals surface area contributed by atoms with Crippen LogP contribution in [0.25, 0.3) is 0 Å². The molecule has 1 aliphatic rings. The zero-order chi connectivity index (χ0) is 11.4. The number of aryl methyl sites for hydroxylation is 1. The standard InChI is InChI=1S/C13H20N2O/c1-10-6-7-11(8-14-10)9-15-12-4-2-3-5-13(12)16/h6-8,12-13,15-16H,2-5,9H2,1H3/t12-,13-/m1/s1. The topological polar surface area (TPSA) is 45.1 Å². The van der Waals surface area contributed by atoms with Crippen molar-refractivity contribution in [2.45, 2.75) is 51.3 Å². The molecule has 88 valence electrons. The van der Waals surface area contributed by atoms with Crippen LogP contribution in [-0.4, -0.2) is 22.2 Å². The summed E-state index contributed by atoms with van der Waals surface area (Å²) in [5, 5.41) is 13.2. The average Bonchev–Trinajstić information content (AvgIpc) is 2.30. The lowest BCUT2D eigenvalue weighted by atomic mass is 9.92. The second-order valence-corrected chi connectivity index (χ2v) is 4.65. The number of pyridine rings is 1. The highest BCUT2D eigenvalue weighted by molar-refractivity contribution is 5.13. The van der Waals surface area contributed by atoms with Gasteiger partial charge in [-0.2, -0.15) is 0 Å². The molecule has 0 aromatic carbocycles. The van der Waals surface area contributed by atoms with Crippen molar-refractivity contribution in [1.82, 2.24) is 10.3 Å². The van der Waals surface area contributed by atoms with Gasteiger partial charge in [0.2, 0.25) is 0 Å². The summed E-state index contributed by atoms with van der Waals surface area (Å²) in [6.45, 7) is 2.79. The summed E-state index contributed by atoms with van der Waals surface area (Å²) in [7, 11) is 0. The van der Waals surface area contributed by atoms with Gasteiger partial charge in [-0.05, 0) is 31.4 Å². The SMILES string of the molecule is Cc1ccc(CN[C@@H]2CCCC[C@H]2O)cn1. The number of rotatable bonds is 3. The van der Waals surface area contributed by atoms with Crippen molar-refractivity contribution < 1.29 is 5.11 Å². The molecule has 0 saturated heterocycles. The molecular formula is C13H20N2O. The summed E-state index contributed by atoms with van der Waals surface area (Å²) < 4.78 is 0. The molecule has 1 heterocycles. The van der Waals surface area contributed by atoms with Crippen LogP contribution in [0.2, 0.25) is 0 Å². The Morgan fingerprint density at radius 1 is 1.38 bits per heavy atom. The van der Waals surface area contributed by atoms with E-state index < -0.39 is 0 Å². The van der Waals surface area contributed by atoms with E-state index in [1.165, 1.54) is 12.0 Å². The molecule has 2 N–H and O–H groups in total. The van der Waals surface area contributed by atoms with Gasteiger partial charge in [-0.1, -0.05) is 18.9 Å². The Hall–Kier alpha value is -0.930. The molecule has 1 aliphatic carbocycles. The molecule has 1 aromatic rings. The van der Waals surface area contributed by atoms with Gasteiger partial charge in [0.25, 0.3) is 0 Å². The van der Waals surface area contributed by atoms with Crippen LogP contribution in [0, 0.1) is 6.92 Å². The van der Waals surface area contributed by atoms with Crippen LogP contribution in [0.5, 0.6) is 0 Å². The fourth-order valence-electron chi connectivity index (χ4n) is 2.20. The van der Waals surface area contributed by atoms with E-state index in [-0.39, 0.29) is 12.1 Å². The van der Waals surface area contributed by atoms with Gasteiger partial charge in [-0.3, -0.25) is 4.98 Å². The van der Waals surface area contributed by atoms with E-state index in [4.69, 9.17) is 0 Å². The lowest BCUT2D eigenvalue weighted by Crippen LogP contribution is -2.41. The first-order chi connectivity index (χ1) is 7.75. The smallest absolute Gasteiger partial charge is 0.0693 e. The molecular weight excluding hydrogens is 200 g/mol. The van der Waals surface area contributed by atoms with Gasteiger partial charge in [-0.15, -0.1) is 0 Å². The monoisotopic (exact) mass is 220 g/mol. The summed E-state index contributed by atoms with van der Waals surface area (Å²) in [5.74, 6) is 0. The Labute approximate surface area is 96.9 Å². The molecule has 0 bridgehead atoms. The first-order valence-corrected chi connectivity index (χ1v) is 6.08. The van der Waals surface area contributed by atoms with Gasteiger partial charge < -0.3 is 10.4 Å². The van der Waals surface area contributed by atoms with Crippen molar-refractivity contribution in [1.29, 1.82) is 0 Å².